The maximum absolute atomic E-state index is 13.2. The van der Waals surface area contributed by atoms with Gasteiger partial charge < -0.3 is 9.64 Å². The van der Waals surface area contributed by atoms with Crippen LogP contribution >= 0.6 is 0 Å². The van der Waals surface area contributed by atoms with Crippen LogP contribution in [0, 0.1) is 0 Å². The largest absolute Gasteiger partial charge is 0.479 e. The van der Waals surface area contributed by atoms with E-state index in [2.05, 4.69) is 0 Å². The molecular weight excluding hydrogens is 408 g/mol. The molecule has 0 spiro atoms. The van der Waals surface area contributed by atoms with Gasteiger partial charge in [0.15, 0.2) is 17.7 Å². The molecule has 2 amide bonds. The van der Waals surface area contributed by atoms with Crippen LogP contribution in [0.25, 0.3) is 0 Å². The van der Waals surface area contributed by atoms with Gasteiger partial charge in [-0.15, -0.1) is 0 Å². The first kappa shape index (κ1) is 21.7. The van der Waals surface area contributed by atoms with Crippen molar-refractivity contribution in [1.82, 2.24) is 0 Å². The lowest BCUT2D eigenvalue weighted by Crippen LogP contribution is -2.49. The smallest absolute Gasteiger partial charge is 0.268 e. The van der Waals surface area contributed by atoms with E-state index in [9.17, 15) is 19.2 Å². The number of hydrogen-bond donors (Lipinski definition) is 0. The summed E-state index contributed by atoms with van der Waals surface area (Å²) in [5.41, 5.74) is 3.27. The third-order valence-electron chi connectivity index (χ3n) is 5.94. The number of ketones is 2. The van der Waals surface area contributed by atoms with Crippen LogP contribution in [0.4, 0.5) is 11.4 Å². The summed E-state index contributed by atoms with van der Waals surface area (Å²) < 4.78 is 5.71. The molecule has 2 aromatic carbocycles. The van der Waals surface area contributed by atoms with Crippen molar-refractivity contribution in [3.8, 4) is 5.75 Å². The molecule has 7 heteroatoms. The molecule has 0 fully saturated rings. The van der Waals surface area contributed by atoms with Crippen molar-refractivity contribution in [1.29, 1.82) is 0 Å². The number of benzene rings is 2. The minimum absolute atomic E-state index is 0.0117. The van der Waals surface area contributed by atoms with Gasteiger partial charge in [0, 0.05) is 29.8 Å². The van der Waals surface area contributed by atoms with Crippen molar-refractivity contribution in [3.05, 3.63) is 53.1 Å². The molecule has 2 heterocycles. The summed E-state index contributed by atoms with van der Waals surface area (Å²) in [4.78, 5) is 53.3. The number of fused-ring (bicyclic) bond motifs is 2. The number of nitrogens with zero attached hydrogens (tertiary/aromatic N) is 2. The van der Waals surface area contributed by atoms with Crippen molar-refractivity contribution >= 4 is 34.8 Å². The fourth-order valence-corrected chi connectivity index (χ4v) is 4.22. The van der Waals surface area contributed by atoms with Gasteiger partial charge in [-0.3, -0.25) is 24.1 Å². The molecule has 1 atom stereocenters. The summed E-state index contributed by atoms with van der Waals surface area (Å²) in [6, 6.07) is 10.4. The van der Waals surface area contributed by atoms with Gasteiger partial charge in [-0.05, 0) is 68.7 Å². The van der Waals surface area contributed by atoms with Gasteiger partial charge in [0.05, 0.1) is 5.69 Å². The molecule has 0 aliphatic carbocycles. The van der Waals surface area contributed by atoms with Crippen LogP contribution in [-0.4, -0.2) is 42.6 Å². The fourth-order valence-electron chi connectivity index (χ4n) is 4.22. The van der Waals surface area contributed by atoms with E-state index in [1.165, 1.54) is 11.8 Å². The second-order valence-corrected chi connectivity index (χ2v) is 8.24. The maximum atomic E-state index is 13.2. The van der Waals surface area contributed by atoms with Crippen LogP contribution in [0.2, 0.25) is 0 Å². The SMILES string of the molecule is CCCC(=O)c1ccc2c(c1)N(CC(=O)N1CCc3cc(C(C)=O)ccc31)C(=O)C(C)O2. The Morgan fingerprint density at radius 3 is 2.53 bits per heavy atom. The Morgan fingerprint density at radius 2 is 1.81 bits per heavy atom. The molecule has 0 aromatic heterocycles. The van der Waals surface area contributed by atoms with Crippen molar-refractivity contribution in [3.63, 3.8) is 0 Å². The lowest BCUT2D eigenvalue weighted by molar-refractivity contribution is -0.127. The molecule has 0 radical (unpaired) electrons. The van der Waals surface area contributed by atoms with Gasteiger partial charge in [0.25, 0.3) is 5.91 Å². The summed E-state index contributed by atoms with van der Waals surface area (Å²) in [6.07, 6.45) is 1.07. The zero-order valence-corrected chi connectivity index (χ0v) is 18.5. The fraction of sp³-hybridized carbons (Fsp3) is 0.360. The first-order valence-corrected chi connectivity index (χ1v) is 10.9. The van der Waals surface area contributed by atoms with Crippen LogP contribution in [0.3, 0.4) is 0 Å². The molecule has 2 aromatic rings. The normalized spacial score (nSPS) is 17.0. The third kappa shape index (κ3) is 3.90. The van der Waals surface area contributed by atoms with E-state index in [0.29, 0.717) is 42.0 Å². The van der Waals surface area contributed by atoms with Crippen molar-refractivity contribution < 1.29 is 23.9 Å². The predicted octanol–water partition coefficient (Wildman–Crippen LogP) is 3.58. The van der Waals surface area contributed by atoms with Gasteiger partial charge in [-0.2, -0.15) is 0 Å². The molecule has 0 saturated heterocycles. The minimum Gasteiger partial charge on any atom is -0.479 e. The summed E-state index contributed by atoms with van der Waals surface area (Å²) in [5, 5.41) is 0. The highest BCUT2D eigenvalue weighted by Crippen LogP contribution is 2.36. The number of Topliss-reactive ketones (excluding diaryl/α,β-unsaturated/α-hetero) is 2. The molecule has 0 saturated carbocycles. The van der Waals surface area contributed by atoms with Crippen LogP contribution < -0.4 is 14.5 Å². The lowest BCUT2D eigenvalue weighted by Gasteiger charge is -2.33. The first-order valence-electron chi connectivity index (χ1n) is 10.9. The molecule has 7 nitrogen and oxygen atoms in total. The van der Waals surface area contributed by atoms with E-state index in [1.807, 2.05) is 13.0 Å². The third-order valence-corrected chi connectivity index (χ3v) is 5.94. The predicted molar refractivity (Wildman–Crippen MR) is 121 cm³/mol. The Morgan fingerprint density at radius 1 is 1.06 bits per heavy atom. The van der Waals surface area contributed by atoms with E-state index < -0.39 is 6.10 Å². The highest BCUT2D eigenvalue weighted by atomic mass is 16.5. The Kier molecular flexibility index (Phi) is 5.82. The average Bonchev–Trinajstić information content (AvgIpc) is 3.20. The number of ether oxygens (including phenoxy) is 1. The van der Waals surface area contributed by atoms with E-state index in [0.717, 1.165) is 17.7 Å². The Bertz CT molecular complexity index is 1120. The quantitative estimate of drug-likeness (QED) is 0.649. The second kappa shape index (κ2) is 8.57. The monoisotopic (exact) mass is 434 g/mol. The minimum atomic E-state index is -0.725. The molecule has 1 unspecified atom stereocenters. The summed E-state index contributed by atoms with van der Waals surface area (Å²) in [6.45, 7) is 5.43. The highest BCUT2D eigenvalue weighted by Gasteiger charge is 2.35. The van der Waals surface area contributed by atoms with Crippen LogP contribution in [-0.2, 0) is 16.0 Å². The highest BCUT2D eigenvalue weighted by molar-refractivity contribution is 6.08. The first-order chi connectivity index (χ1) is 15.3. The standard InChI is InChI=1S/C25H26N2O5/c1-4-5-22(29)19-7-9-23-21(13-19)27(25(31)16(3)32-23)14-24(30)26-11-10-18-12-17(15(2)28)6-8-20(18)26/h6-9,12-13,16H,4-5,10-11,14H2,1-3H3. The Labute approximate surface area is 187 Å². The maximum Gasteiger partial charge on any atom is 0.268 e. The summed E-state index contributed by atoms with van der Waals surface area (Å²) >= 11 is 0. The molecule has 0 bridgehead atoms. The Hall–Kier alpha value is -3.48. The second-order valence-electron chi connectivity index (χ2n) is 8.24. The van der Waals surface area contributed by atoms with E-state index in [4.69, 9.17) is 4.74 Å². The zero-order chi connectivity index (χ0) is 23.0. The van der Waals surface area contributed by atoms with E-state index in [1.54, 1.807) is 42.2 Å². The summed E-state index contributed by atoms with van der Waals surface area (Å²) in [7, 11) is 0. The molecule has 2 aliphatic heterocycles. The van der Waals surface area contributed by atoms with Gasteiger partial charge in [-0.1, -0.05) is 6.92 Å². The summed E-state index contributed by atoms with van der Waals surface area (Å²) in [5.74, 6) is -0.0981. The Balaban J connectivity index is 1.62. The topological polar surface area (TPSA) is 84.0 Å². The van der Waals surface area contributed by atoms with Gasteiger partial charge in [0.1, 0.15) is 12.3 Å². The number of carbonyl (C=O) groups is 4. The van der Waals surface area contributed by atoms with Gasteiger partial charge in [0.2, 0.25) is 5.91 Å². The average molecular weight is 434 g/mol. The van der Waals surface area contributed by atoms with Crippen LogP contribution in [0.15, 0.2) is 36.4 Å². The van der Waals surface area contributed by atoms with Gasteiger partial charge >= 0.3 is 0 Å². The van der Waals surface area contributed by atoms with Crippen molar-refractivity contribution in [2.75, 3.05) is 22.9 Å². The molecule has 2 aliphatic rings. The molecule has 0 N–H and O–H groups in total. The molecule has 166 valence electrons. The number of rotatable bonds is 6. The number of amides is 2. The van der Waals surface area contributed by atoms with E-state index in [-0.39, 0.29) is 29.9 Å². The van der Waals surface area contributed by atoms with Gasteiger partial charge in [-0.25, -0.2) is 0 Å². The van der Waals surface area contributed by atoms with Crippen molar-refractivity contribution in [2.45, 2.75) is 46.1 Å². The number of hydrogen-bond acceptors (Lipinski definition) is 5. The zero-order valence-electron chi connectivity index (χ0n) is 18.5. The van der Waals surface area contributed by atoms with E-state index >= 15 is 0 Å². The van der Waals surface area contributed by atoms with Crippen LogP contribution in [0.5, 0.6) is 5.75 Å². The molecule has 4 rings (SSSR count). The van der Waals surface area contributed by atoms with Crippen molar-refractivity contribution in [2.24, 2.45) is 0 Å². The lowest BCUT2D eigenvalue weighted by atomic mass is 10.0. The molecular formula is C25H26N2O5. The van der Waals surface area contributed by atoms with Crippen LogP contribution in [0.1, 0.15) is 59.9 Å². The molecule has 32 heavy (non-hydrogen) atoms. The number of carbonyl (C=O) groups excluding carboxylic acids is 4. The number of anilines is 2.